The highest BCUT2D eigenvalue weighted by Gasteiger charge is 2.27. The van der Waals surface area contributed by atoms with Crippen molar-refractivity contribution in [3.8, 4) is 0 Å². The van der Waals surface area contributed by atoms with Crippen LogP contribution in [-0.4, -0.2) is 59.4 Å². The Hall–Kier alpha value is -4.41. The van der Waals surface area contributed by atoms with Crippen molar-refractivity contribution in [1.82, 2.24) is 16.0 Å². The largest absolute Gasteiger partial charge is 0.480 e. The summed E-state index contributed by atoms with van der Waals surface area (Å²) in [5.74, 6) is -3.01. The first kappa shape index (κ1) is 27.8. The number of benzene rings is 2. The Morgan fingerprint density at radius 2 is 1.47 bits per heavy atom. The van der Waals surface area contributed by atoms with Crippen LogP contribution < -0.4 is 27.4 Å². The number of aliphatic carboxylic acids is 1. The van der Waals surface area contributed by atoms with E-state index >= 15 is 0 Å². The highest BCUT2D eigenvalue weighted by molar-refractivity contribution is 5.98. The molecule has 0 aliphatic carbocycles. The molecule has 2 rings (SSSR count). The normalized spacial score (nSPS) is 12.9. The molecule has 2 aromatic carbocycles. The smallest absolute Gasteiger partial charge is 0.326 e. The van der Waals surface area contributed by atoms with Gasteiger partial charge in [0, 0.05) is 18.5 Å². The number of aliphatic imine (C=N–C) groups is 1. The fraction of sp³-hybridized carbons (Fsp3) is 0.320. The van der Waals surface area contributed by atoms with Crippen molar-refractivity contribution in [3.05, 3.63) is 71.8 Å². The fourth-order valence-corrected chi connectivity index (χ4v) is 3.33. The monoisotopic (exact) mass is 496 g/mol. The standard InChI is InChI=1S/C25H32N6O5/c1-16(21(32)30-19(24(35)36)13-8-14-28-25(26)27)29-23(34)20(15-17-9-4-2-5-10-17)31-22(33)18-11-6-3-7-12-18/h2-7,9-12,16,19-20H,8,13-15H2,1H3,(H,29,34)(H,30,32)(H,31,33)(H,35,36)(H4,26,27,28)/t16-,19-,20-/m0/s1. The molecule has 0 heterocycles. The zero-order valence-electron chi connectivity index (χ0n) is 20.0. The van der Waals surface area contributed by atoms with Crippen LogP contribution in [0.5, 0.6) is 0 Å². The lowest BCUT2D eigenvalue weighted by Gasteiger charge is -2.22. The van der Waals surface area contributed by atoms with Gasteiger partial charge in [-0.2, -0.15) is 0 Å². The molecule has 0 saturated heterocycles. The molecule has 0 unspecified atom stereocenters. The molecule has 0 fully saturated rings. The van der Waals surface area contributed by atoms with Crippen molar-refractivity contribution >= 4 is 29.7 Å². The van der Waals surface area contributed by atoms with Crippen LogP contribution in [0.4, 0.5) is 0 Å². The molecular formula is C25H32N6O5. The molecule has 0 spiro atoms. The molecule has 8 N–H and O–H groups in total. The zero-order valence-corrected chi connectivity index (χ0v) is 20.0. The average molecular weight is 497 g/mol. The van der Waals surface area contributed by atoms with Gasteiger partial charge in [0.1, 0.15) is 18.1 Å². The topological polar surface area (TPSA) is 189 Å². The van der Waals surface area contributed by atoms with Gasteiger partial charge in [0.15, 0.2) is 5.96 Å². The highest BCUT2D eigenvalue weighted by Crippen LogP contribution is 2.07. The molecule has 0 bridgehead atoms. The van der Waals surface area contributed by atoms with Gasteiger partial charge >= 0.3 is 5.97 Å². The molecule has 11 heteroatoms. The van der Waals surface area contributed by atoms with E-state index in [2.05, 4.69) is 20.9 Å². The maximum Gasteiger partial charge on any atom is 0.326 e. The van der Waals surface area contributed by atoms with Crippen molar-refractivity contribution in [2.24, 2.45) is 16.5 Å². The highest BCUT2D eigenvalue weighted by atomic mass is 16.4. The van der Waals surface area contributed by atoms with Crippen LogP contribution in [0, 0.1) is 0 Å². The van der Waals surface area contributed by atoms with Crippen molar-refractivity contribution < 1.29 is 24.3 Å². The molecule has 2 aromatic rings. The maximum absolute atomic E-state index is 13.1. The summed E-state index contributed by atoms with van der Waals surface area (Å²) < 4.78 is 0. The lowest BCUT2D eigenvalue weighted by Crippen LogP contribution is -2.55. The summed E-state index contributed by atoms with van der Waals surface area (Å²) in [5, 5.41) is 17.1. The second-order valence-electron chi connectivity index (χ2n) is 8.16. The molecule has 0 aliphatic heterocycles. The van der Waals surface area contributed by atoms with Crippen LogP contribution in [0.1, 0.15) is 35.7 Å². The summed E-state index contributed by atoms with van der Waals surface area (Å²) in [7, 11) is 0. The van der Waals surface area contributed by atoms with E-state index in [9.17, 15) is 24.3 Å². The zero-order chi connectivity index (χ0) is 26.5. The van der Waals surface area contributed by atoms with Gasteiger partial charge < -0.3 is 32.5 Å². The van der Waals surface area contributed by atoms with E-state index in [-0.39, 0.29) is 25.3 Å². The van der Waals surface area contributed by atoms with Crippen LogP contribution in [0.2, 0.25) is 0 Å². The lowest BCUT2D eigenvalue weighted by molar-refractivity contribution is -0.142. The van der Waals surface area contributed by atoms with Gasteiger partial charge in [-0.25, -0.2) is 4.79 Å². The predicted octanol–water partition coefficient (Wildman–Crippen LogP) is 0.155. The van der Waals surface area contributed by atoms with Gasteiger partial charge in [0.2, 0.25) is 11.8 Å². The Bertz CT molecular complexity index is 1060. The molecule has 0 radical (unpaired) electrons. The van der Waals surface area contributed by atoms with Crippen molar-refractivity contribution in [2.45, 2.75) is 44.3 Å². The quantitative estimate of drug-likeness (QED) is 0.129. The first-order valence-electron chi connectivity index (χ1n) is 11.5. The Morgan fingerprint density at radius 3 is 2.06 bits per heavy atom. The SMILES string of the molecule is C[C@H](NC(=O)[C@H](Cc1ccccc1)NC(=O)c1ccccc1)C(=O)N[C@@H](CCCN=C(N)N)C(=O)O. The number of guanidine groups is 1. The number of carboxylic acids is 1. The minimum atomic E-state index is -1.22. The Labute approximate surface area is 209 Å². The first-order valence-corrected chi connectivity index (χ1v) is 11.5. The number of hydrogen-bond acceptors (Lipinski definition) is 5. The van der Waals surface area contributed by atoms with E-state index in [4.69, 9.17) is 11.5 Å². The summed E-state index contributed by atoms with van der Waals surface area (Å²) in [6.45, 7) is 1.65. The molecule has 0 aromatic heterocycles. The summed E-state index contributed by atoms with van der Waals surface area (Å²) in [4.78, 5) is 53.7. The fourth-order valence-electron chi connectivity index (χ4n) is 3.33. The molecular weight excluding hydrogens is 464 g/mol. The van der Waals surface area contributed by atoms with Crippen LogP contribution in [0.15, 0.2) is 65.7 Å². The lowest BCUT2D eigenvalue weighted by atomic mass is 10.0. The number of carbonyl (C=O) groups excluding carboxylic acids is 3. The van der Waals surface area contributed by atoms with Crippen molar-refractivity contribution in [2.75, 3.05) is 6.54 Å². The van der Waals surface area contributed by atoms with Crippen molar-refractivity contribution in [1.29, 1.82) is 0 Å². The summed E-state index contributed by atoms with van der Waals surface area (Å²) in [5.41, 5.74) is 11.7. The van der Waals surface area contributed by atoms with E-state index in [0.717, 1.165) is 5.56 Å². The average Bonchev–Trinajstić information content (AvgIpc) is 2.86. The van der Waals surface area contributed by atoms with Gasteiger partial charge in [0.25, 0.3) is 5.91 Å². The molecule has 3 atom stereocenters. The number of nitrogens with one attached hydrogen (secondary N) is 3. The van der Waals surface area contributed by atoms with Gasteiger partial charge in [-0.3, -0.25) is 19.4 Å². The number of nitrogens with zero attached hydrogens (tertiary/aromatic N) is 1. The Balaban J connectivity index is 2.04. The third kappa shape index (κ3) is 9.45. The van der Waals surface area contributed by atoms with E-state index in [1.54, 1.807) is 30.3 Å². The summed E-state index contributed by atoms with van der Waals surface area (Å²) >= 11 is 0. The molecule has 11 nitrogen and oxygen atoms in total. The summed E-state index contributed by atoms with van der Waals surface area (Å²) in [6.07, 6.45) is 0.630. The molecule has 0 aliphatic rings. The molecule has 3 amide bonds. The minimum Gasteiger partial charge on any atom is -0.480 e. The van der Waals surface area contributed by atoms with E-state index in [1.165, 1.54) is 6.92 Å². The van der Waals surface area contributed by atoms with Gasteiger partial charge in [-0.1, -0.05) is 48.5 Å². The number of nitrogens with two attached hydrogens (primary N) is 2. The van der Waals surface area contributed by atoms with Gasteiger partial charge in [-0.05, 0) is 37.5 Å². The number of carboxylic acid groups (broad SMARTS) is 1. The number of hydrogen-bond donors (Lipinski definition) is 6. The predicted molar refractivity (Wildman–Crippen MR) is 135 cm³/mol. The number of amides is 3. The first-order chi connectivity index (χ1) is 17.2. The number of carbonyl (C=O) groups is 4. The summed E-state index contributed by atoms with van der Waals surface area (Å²) in [6, 6.07) is 14.4. The van der Waals surface area contributed by atoms with Gasteiger partial charge in [-0.15, -0.1) is 0 Å². The second kappa shape index (κ2) is 14.1. The van der Waals surface area contributed by atoms with E-state index in [0.29, 0.717) is 12.0 Å². The molecule has 0 saturated carbocycles. The molecule has 36 heavy (non-hydrogen) atoms. The Kier molecular flexibility index (Phi) is 10.9. The second-order valence-corrected chi connectivity index (χ2v) is 8.16. The van der Waals surface area contributed by atoms with Crippen molar-refractivity contribution in [3.63, 3.8) is 0 Å². The van der Waals surface area contributed by atoms with Crippen LogP contribution >= 0.6 is 0 Å². The van der Waals surface area contributed by atoms with Crippen LogP contribution in [0.3, 0.4) is 0 Å². The molecule has 192 valence electrons. The van der Waals surface area contributed by atoms with Crippen LogP contribution in [0.25, 0.3) is 0 Å². The third-order valence-corrected chi connectivity index (χ3v) is 5.25. The van der Waals surface area contributed by atoms with E-state index in [1.807, 2.05) is 30.3 Å². The Morgan fingerprint density at radius 1 is 0.861 bits per heavy atom. The van der Waals surface area contributed by atoms with Gasteiger partial charge in [0.05, 0.1) is 0 Å². The maximum atomic E-state index is 13.1. The van der Waals surface area contributed by atoms with E-state index < -0.39 is 41.8 Å². The third-order valence-electron chi connectivity index (χ3n) is 5.25. The number of rotatable bonds is 13. The minimum absolute atomic E-state index is 0.0995. The van der Waals surface area contributed by atoms with Crippen LogP contribution in [-0.2, 0) is 20.8 Å².